The van der Waals surface area contributed by atoms with Crippen LogP contribution in [0, 0.1) is 5.82 Å². The number of aromatic nitrogens is 2. The monoisotopic (exact) mass is 426 g/mol. The number of benzene rings is 1. The zero-order chi connectivity index (χ0) is 20.5. The van der Waals surface area contributed by atoms with E-state index in [-0.39, 0.29) is 34.1 Å². The number of hydrogen-bond acceptors (Lipinski definition) is 2. The minimum atomic E-state index is -2.73. The largest absolute Gasteiger partial charge is 0.361 e. The van der Waals surface area contributed by atoms with Crippen LogP contribution >= 0.6 is 11.6 Å². The second-order valence-electron chi connectivity index (χ2n) is 7.85. The van der Waals surface area contributed by atoms with Crippen molar-refractivity contribution in [1.82, 2.24) is 9.55 Å². The van der Waals surface area contributed by atoms with Crippen molar-refractivity contribution in [3.05, 3.63) is 53.1 Å². The third-order valence-electron chi connectivity index (χ3n) is 4.52. The van der Waals surface area contributed by atoms with Crippen LogP contribution in [0.15, 0.2) is 36.5 Å². The van der Waals surface area contributed by atoms with E-state index < -0.39 is 20.3 Å². The van der Waals surface area contributed by atoms with E-state index in [9.17, 15) is 8.78 Å². The zero-order valence-corrected chi connectivity index (χ0v) is 17.7. The zero-order valence-electron chi connectivity index (χ0n) is 16.0. The molecule has 0 bridgehead atoms. The number of ether oxygens (including phenoxy) is 1. The molecule has 0 aliphatic carbocycles. The van der Waals surface area contributed by atoms with Crippen molar-refractivity contribution in [3.63, 3.8) is 0 Å². The summed E-state index contributed by atoms with van der Waals surface area (Å²) in [6.45, 7) is 7.26. The molecule has 0 fully saturated rings. The number of rotatable bonds is 7. The smallest absolute Gasteiger partial charge is 0.264 e. The Morgan fingerprint density at radius 2 is 1.93 bits per heavy atom. The fourth-order valence-corrected chi connectivity index (χ4v) is 3.92. The summed E-state index contributed by atoms with van der Waals surface area (Å²) >= 11 is 6.00. The van der Waals surface area contributed by atoms with Gasteiger partial charge in [0.2, 0.25) is 0 Å². The first-order valence-corrected chi connectivity index (χ1v) is 13.1. The molecule has 3 rings (SSSR count). The molecule has 0 unspecified atom stereocenters. The highest BCUT2D eigenvalue weighted by Gasteiger charge is 2.24. The van der Waals surface area contributed by atoms with Crippen molar-refractivity contribution in [2.24, 2.45) is 0 Å². The van der Waals surface area contributed by atoms with Crippen LogP contribution in [0.3, 0.4) is 0 Å². The maximum Gasteiger partial charge on any atom is 0.264 e. The second-order valence-corrected chi connectivity index (χ2v) is 13.9. The Morgan fingerprint density at radius 3 is 2.61 bits per heavy atom. The number of alkyl halides is 2. The Balaban J connectivity index is 2.10. The van der Waals surface area contributed by atoms with Crippen molar-refractivity contribution in [1.29, 1.82) is 0 Å². The number of fused-ring (bicyclic) bond motifs is 1. The molecule has 0 N–H and O–H groups in total. The van der Waals surface area contributed by atoms with Gasteiger partial charge in [0.1, 0.15) is 11.9 Å². The maximum absolute atomic E-state index is 15.3. The van der Waals surface area contributed by atoms with Gasteiger partial charge in [-0.2, -0.15) is 0 Å². The molecule has 0 radical (unpaired) electrons. The number of hydrogen-bond donors (Lipinski definition) is 0. The summed E-state index contributed by atoms with van der Waals surface area (Å²) in [5.41, 5.74) is 0.426. The fourth-order valence-electron chi connectivity index (χ4n) is 3.01. The lowest BCUT2D eigenvalue weighted by Gasteiger charge is -2.17. The minimum absolute atomic E-state index is 0.0398. The Morgan fingerprint density at radius 1 is 1.21 bits per heavy atom. The fraction of sp³-hybridized carbons (Fsp3) is 0.350. The van der Waals surface area contributed by atoms with E-state index in [2.05, 4.69) is 24.6 Å². The van der Waals surface area contributed by atoms with Crippen LogP contribution in [0.2, 0.25) is 30.8 Å². The standard InChI is InChI=1S/C20H22ClF3N2OSi/c1-28(2,3)9-8-27-12-26-16-10-17(21)25-11-15(16)18(22)19(26)13-6-4-5-7-14(13)20(23)24/h4-7,10-11,20H,8-9,12H2,1-3H3. The average molecular weight is 427 g/mol. The minimum Gasteiger partial charge on any atom is -0.361 e. The number of nitrogens with zero attached hydrogens (tertiary/aromatic N) is 2. The molecule has 1 aromatic carbocycles. The topological polar surface area (TPSA) is 27.1 Å². The first-order chi connectivity index (χ1) is 13.2. The molecule has 150 valence electrons. The van der Waals surface area contributed by atoms with Gasteiger partial charge in [-0.3, -0.25) is 0 Å². The van der Waals surface area contributed by atoms with Gasteiger partial charge in [0.05, 0.1) is 16.6 Å². The summed E-state index contributed by atoms with van der Waals surface area (Å²) in [4.78, 5) is 3.93. The summed E-state index contributed by atoms with van der Waals surface area (Å²) in [6.07, 6.45) is -1.41. The Kier molecular flexibility index (Phi) is 6.17. The van der Waals surface area contributed by atoms with Gasteiger partial charge in [0, 0.05) is 32.0 Å². The van der Waals surface area contributed by atoms with Crippen molar-refractivity contribution in [2.75, 3.05) is 6.61 Å². The predicted molar refractivity (Wildman–Crippen MR) is 109 cm³/mol. The highest BCUT2D eigenvalue weighted by molar-refractivity contribution is 6.76. The normalized spacial score (nSPS) is 12.3. The van der Waals surface area contributed by atoms with Crippen molar-refractivity contribution >= 4 is 30.6 Å². The van der Waals surface area contributed by atoms with Gasteiger partial charge < -0.3 is 9.30 Å². The molecule has 28 heavy (non-hydrogen) atoms. The molecule has 0 aliphatic heterocycles. The molecule has 2 heterocycles. The van der Waals surface area contributed by atoms with Crippen LogP contribution in [-0.2, 0) is 11.5 Å². The van der Waals surface area contributed by atoms with Gasteiger partial charge in [-0.25, -0.2) is 18.2 Å². The van der Waals surface area contributed by atoms with Crippen molar-refractivity contribution < 1.29 is 17.9 Å². The average Bonchev–Trinajstić information content (AvgIpc) is 2.89. The molecule has 3 nitrogen and oxygen atoms in total. The Hall–Kier alpha value is -1.83. The quantitative estimate of drug-likeness (QED) is 0.237. The lowest BCUT2D eigenvalue weighted by Crippen LogP contribution is -2.22. The van der Waals surface area contributed by atoms with Crippen molar-refractivity contribution in [3.8, 4) is 11.3 Å². The third kappa shape index (κ3) is 4.42. The van der Waals surface area contributed by atoms with Crippen LogP contribution in [0.25, 0.3) is 22.2 Å². The van der Waals surface area contributed by atoms with Gasteiger partial charge >= 0.3 is 0 Å². The van der Waals surface area contributed by atoms with Crippen LogP contribution in [-0.4, -0.2) is 24.2 Å². The summed E-state index contributed by atoms with van der Waals surface area (Å²) < 4.78 is 49.7. The number of pyridine rings is 1. The highest BCUT2D eigenvalue weighted by atomic mass is 35.5. The Labute approximate surface area is 168 Å². The molecule has 0 aliphatic rings. The lowest BCUT2D eigenvalue weighted by atomic mass is 10.0. The van der Waals surface area contributed by atoms with Gasteiger partial charge in [-0.1, -0.05) is 55.5 Å². The van der Waals surface area contributed by atoms with Gasteiger partial charge in [-0.15, -0.1) is 0 Å². The molecular weight excluding hydrogens is 405 g/mol. The van der Waals surface area contributed by atoms with Crippen LogP contribution in [0.1, 0.15) is 12.0 Å². The van der Waals surface area contributed by atoms with E-state index in [4.69, 9.17) is 16.3 Å². The van der Waals surface area contributed by atoms with E-state index in [0.717, 1.165) is 6.04 Å². The molecule has 0 amide bonds. The maximum atomic E-state index is 15.3. The van der Waals surface area contributed by atoms with Gasteiger partial charge in [0.15, 0.2) is 5.82 Å². The molecule has 0 saturated carbocycles. The molecule has 2 aromatic heterocycles. The SMILES string of the molecule is C[Si](C)(C)CCOCn1c(-c2ccccc2C(F)F)c(F)c2cnc(Cl)cc21. The van der Waals surface area contributed by atoms with Crippen LogP contribution in [0.5, 0.6) is 0 Å². The second kappa shape index (κ2) is 8.27. The summed E-state index contributed by atoms with van der Waals surface area (Å²) in [5.74, 6) is -0.610. The first kappa shape index (κ1) is 20.9. The molecule has 3 aromatic rings. The number of halogens is 4. The van der Waals surface area contributed by atoms with Gasteiger partial charge in [0.25, 0.3) is 6.43 Å². The van der Waals surface area contributed by atoms with Crippen LogP contribution < -0.4 is 0 Å². The van der Waals surface area contributed by atoms with Gasteiger partial charge in [-0.05, 0) is 12.1 Å². The molecule has 0 atom stereocenters. The van der Waals surface area contributed by atoms with Crippen LogP contribution in [0.4, 0.5) is 13.2 Å². The molecule has 0 spiro atoms. The predicted octanol–water partition coefficient (Wildman–Crippen LogP) is 6.75. The van der Waals surface area contributed by atoms with E-state index in [1.165, 1.54) is 30.5 Å². The Bertz CT molecular complexity index is 985. The third-order valence-corrected chi connectivity index (χ3v) is 6.43. The molecule has 0 saturated heterocycles. The van der Waals surface area contributed by atoms with E-state index in [1.54, 1.807) is 10.6 Å². The van der Waals surface area contributed by atoms with E-state index in [1.807, 2.05) is 0 Å². The lowest BCUT2D eigenvalue weighted by molar-refractivity contribution is 0.0908. The van der Waals surface area contributed by atoms with Crippen molar-refractivity contribution in [2.45, 2.75) is 38.8 Å². The molecule has 8 heteroatoms. The van der Waals surface area contributed by atoms with E-state index >= 15 is 4.39 Å². The summed E-state index contributed by atoms with van der Waals surface area (Å²) in [6, 6.07) is 8.39. The summed E-state index contributed by atoms with van der Waals surface area (Å²) in [7, 11) is -1.29. The first-order valence-electron chi connectivity index (χ1n) is 8.97. The molecular formula is C20H22ClF3N2OSi. The summed E-state index contributed by atoms with van der Waals surface area (Å²) in [5, 5.41) is 0.416. The highest BCUT2D eigenvalue weighted by Crippen LogP contribution is 2.37. The van der Waals surface area contributed by atoms with E-state index in [0.29, 0.717) is 12.1 Å².